The van der Waals surface area contributed by atoms with Crippen molar-refractivity contribution in [2.45, 2.75) is 6.17 Å². The van der Waals surface area contributed by atoms with Gasteiger partial charge in [-0.15, -0.1) is 0 Å². The highest BCUT2D eigenvalue weighted by Gasteiger charge is 2.24. The van der Waals surface area contributed by atoms with E-state index in [0.717, 1.165) is 5.56 Å². The molecule has 6 heteroatoms. The van der Waals surface area contributed by atoms with Gasteiger partial charge in [0.15, 0.2) is 0 Å². The first kappa shape index (κ1) is 12.2. The zero-order valence-corrected chi connectivity index (χ0v) is 10.3. The predicted octanol–water partition coefficient (Wildman–Crippen LogP) is 1.63. The smallest absolute Gasteiger partial charge is 0.335 e. The van der Waals surface area contributed by atoms with E-state index in [1.165, 1.54) is 12.1 Å². The molecule has 1 atom stereocenters. The van der Waals surface area contributed by atoms with Gasteiger partial charge in [0.25, 0.3) is 5.91 Å². The van der Waals surface area contributed by atoms with Gasteiger partial charge in [-0.3, -0.25) is 9.78 Å². The third-order valence-corrected chi connectivity index (χ3v) is 3.13. The average Bonchev–Trinajstić information content (AvgIpc) is 2.47. The summed E-state index contributed by atoms with van der Waals surface area (Å²) in [7, 11) is 0. The number of aromatic carboxylic acids is 1. The minimum Gasteiger partial charge on any atom is -0.478 e. The van der Waals surface area contributed by atoms with E-state index >= 15 is 0 Å². The lowest BCUT2D eigenvalue weighted by Crippen LogP contribution is -2.38. The maximum atomic E-state index is 12.0. The van der Waals surface area contributed by atoms with Crippen molar-refractivity contribution in [3.8, 4) is 0 Å². The Balaban J connectivity index is 1.90. The van der Waals surface area contributed by atoms with Crippen molar-refractivity contribution < 1.29 is 14.7 Å². The summed E-state index contributed by atoms with van der Waals surface area (Å²) in [5, 5.41) is 14.8. The van der Waals surface area contributed by atoms with Crippen molar-refractivity contribution in [2.24, 2.45) is 0 Å². The molecule has 1 aliphatic heterocycles. The zero-order valence-electron chi connectivity index (χ0n) is 10.3. The average molecular weight is 269 g/mol. The molecule has 1 aromatic heterocycles. The number of carboxylic acid groups (broad SMARTS) is 1. The van der Waals surface area contributed by atoms with Crippen LogP contribution in [0.15, 0.2) is 42.7 Å². The number of carbonyl (C=O) groups excluding carboxylic acids is 1. The number of aromatic nitrogens is 1. The Bertz CT molecular complexity index is 682. The van der Waals surface area contributed by atoms with Gasteiger partial charge >= 0.3 is 5.97 Å². The van der Waals surface area contributed by atoms with Crippen molar-refractivity contribution in [1.82, 2.24) is 10.3 Å². The maximum Gasteiger partial charge on any atom is 0.335 e. The Kier molecular flexibility index (Phi) is 2.83. The van der Waals surface area contributed by atoms with Crippen LogP contribution in [-0.4, -0.2) is 22.0 Å². The van der Waals surface area contributed by atoms with Crippen molar-refractivity contribution in [3.63, 3.8) is 0 Å². The number of nitrogens with zero attached hydrogens (tertiary/aromatic N) is 1. The van der Waals surface area contributed by atoms with Gasteiger partial charge in [-0.2, -0.15) is 0 Å². The number of hydrogen-bond donors (Lipinski definition) is 3. The molecule has 20 heavy (non-hydrogen) atoms. The van der Waals surface area contributed by atoms with E-state index in [1.807, 2.05) is 0 Å². The zero-order chi connectivity index (χ0) is 14.1. The van der Waals surface area contributed by atoms with Crippen molar-refractivity contribution in [3.05, 3.63) is 59.4 Å². The molecule has 3 rings (SSSR count). The summed E-state index contributed by atoms with van der Waals surface area (Å²) in [6.45, 7) is 0. The molecule has 0 bridgehead atoms. The summed E-state index contributed by atoms with van der Waals surface area (Å²) in [6, 6.07) is 7.99. The number of anilines is 1. The number of benzene rings is 1. The van der Waals surface area contributed by atoms with E-state index in [1.54, 1.807) is 30.6 Å². The first-order valence-corrected chi connectivity index (χ1v) is 6.00. The molecule has 1 aromatic carbocycles. The number of amides is 1. The molecular formula is C14H11N3O3. The summed E-state index contributed by atoms with van der Waals surface area (Å²) in [6.07, 6.45) is 2.75. The van der Waals surface area contributed by atoms with Crippen molar-refractivity contribution >= 4 is 17.6 Å². The summed E-state index contributed by atoms with van der Waals surface area (Å²) in [5.74, 6) is -1.17. The van der Waals surface area contributed by atoms with Gasteiger partial charge in [0.1, 0.15) is 6.17 Å². The Morgan fingerprint density at radius 1 is 1.15 bits per heavy atom. The monoisotopic (exact) mass is 269 g/mol. The van der Waals surface area contributed by atoms with Crippen LogP contribution >= 0.6 is 0 Å². The molecule has 3 N–H and O–H groups in total. The Morgan fingerprint density at radius 2 is 1.90 bits per heavy atom. The summed E-state index contributed by atoms with van der Waals surface area (Å²) < 4.78 is 0. The Morgan fingerprint density at radius 3 is 2.60 bits per heavy atom. The fourth-order valence-electron chi connectivity index (χ4n) is 2.09. The molecule has 0 fully saturated rings. The van der Waals surface area contributed by atoms with Gasteiger partial charge in [-0.1, -0.05) is 12.1 Å². The highest BCUT2D eigenvalue weighted by atomic mass is 16.4. The lowest BCUT2D eigenvalue weighted by Gasteiger charge is -2.27. The number of carboxylic acids is 1. The van der Waals surface area contributed by atoms with E-state index in [2.05, 4.69) is 15.6 Å². The van der Waals surface area contributed by atoms with Crippen LogP contribution in [0.5, 0.6) is 0 Å². The molecule has 0 unspecified atom stereocenters. The normalized spacial score (nSPS) is 16.8. The second kappa shape index (κ2) is 4.65. The summed E-state index contributed by atoms with van der Waals surface area (Å²) >= 11 is 0. The molecule has 6 nitrogen and oxygen atoms in total. The highest BCUT2D eigenvalue weighted by molar-refractivity contribution is 6.01. The molecule has 2 aromatic rings. The SMILES string of the molecule is O=C(O)c1ccc([C@@H]2NC(=O)c3ccncc3N2)cc1. The van der Waals surface area contributed by atoms with Gasteiger partial charge in [0.2, 0.25) is 0 Å². The fourth-order valence-corrected chi connectivity index (χ4v) is 2.09. The third kappa shape index (κ3) is 2.07. The quantitative estimate of drug-likeness (QED) is 0.770. The predicted molar refractivity (Wildman–Crippen MR) is 71.5 cm³/mol. The van der Waals surface area contributed by atoms with Crippen LogP contribution in [0.2, 0.25) is 0 Å². The molecule has 0 aliphatic carbocycles. The summed E-state index contributed by atoms with van der Waals surface area (Å²) in [5.41, 5.74) is 2.18. The molecule has 0 radical (unpaired) electrons. The van der Waals surface area contributed by atoms with Gasteiger partial charge in [0, 0.05) is 6.20 Å². The standard InChI is InChI=1S/C14H11N3O3/c18-13-10-5-6-15-7-11(10)16-12(17-13)8-1-3-9(4-2-8)14(19)20/h1-7,12,16H,(H,17,18)(H,19,20)/t12-/m0/s1. The Labute approximate surface area is 114 Å². The van der Waals surface area contributed by atoms with E-state index < -0.39 is 12.1 Å². The molecule has 1 amide bonds. The van der Waals surface area contributed by atoms with Gasteiger partial charge in [-0.05, 0) is 23.8 Å². The van der Waals surface area contributed by atoms with E-state index in [9.17, 15) is 9.59 Å². The van der Waals surface area contributed by atoms with Crippen molar-refractivity contribution in [2.75, 3.05) is 5.32 Å². The van der Waals surface area contributed by atoms with E-state index in [0.29, 0.717) is 11.3 Å². The maximum absolute atomic E-state index is 12.0. The second-order valence-corrected chi connectivity index (χ2v) is 4.40. The lowest BCUT2D eigenvalue weighted by atomic mass is 10.1. The number of pyridine rings is 1. The number of nitrogens with one attached hydrogen (secondary N) is 2. The lowest BCUT2D eigenvalue weighted by molar-refractivity contribution is 0.0696. The Hall–Kier alpha value is -2.89. The first-order valence-electron chi connectivity index (χ1n) is 6.00. The van der Waals surface area contributed by atoms with E-state index in [-0.39, 0.29) is 11.5 Å². The minimum atomic E-state index is -0.980. The molecule has 0 saturated heterocycles. The highest BCUT2D eigenvalue weighted by Crippen LogP contribution is 2.25. The summed E-state index contributed by atoms with van der Waals surface area (Å²) in [4.78, 5) is 26.8. The van der Waals surface area contributed by atoms with Crippen LogP contribution in [0.25, 0.3) is 0 Å². The number of hydrogen-bond acceptors (Lipinski definition) is 4. The number of fused-ring (bicyclic) bond motifs is 1. The van der Waals surface area contributed by atoms with Crippen LogP contribution < -0.4 is 10.6 Å². The molecule has 2 heterocycles. The van der Waals surface area contributed by atoms with E-state index in [4.69, 9.17) is 5.11 Å². The number of rotatable bonds is 2. The molecule has 0 saturated carbocycles. The first-order chi connectivity index (χ1) is 9.65. The van der Waals surface area contributed by atoms with Gasteiger partial charge in [0.05, 0.1) is 23.0 Å². The van der Waals surface area contributed by atoms with Gasteiger partial charge in [-0.25, -0.2) is 4.79 Å². The molecule has 0 spiro atoms. The largest absolute Gasteiger partial charge is 0.478 e. The molecular weight excluding hydrogens is 258 g/mol. The minimum absolute atomic E-state index is 0.187. The van der Waals surface area contributed by atoms with Crippen LogP contribution in [0.4, 0.5) is 5.69 Å². The second-order valence-electron chi connectivity index (χ2n) is 4.40. The van der Waals surface area contributed by atoms with Crippen molar-refractivity contribution in [1.29, 1.82) is 0 Å². The van der Waals surface area contributed by atoms with Crippen LogP contribution in [0.3, 0.4) is 0 Å². The topological polar surface area (TPSA) is 91.3 Å². The van der Waals surface area contributed by atoms with Crippen LogP contribution in [-0.2, 0) is 0 Å². The molecule has 1 aliphatic rings. The third-order valence-electron chi connectivity index (χ3n) is 3.13. The van der Waals surface area contributed by atoms with Crippen LogP contribution in [0.1, 0.15) is 32.4 Å². The van der Waals surface area contributed by atoms with Gasteiger partial charge < -0.3 is 15.7 Å². The number of carbonyl (C=O) groups is 2. The fraction of sp³-hybridized carbons (Fsp3) is 0.0714. The molecule has 100 valence electrons. The van der Waals surface area contributed by atoms with Crippen LogP contribution in [0, 0.1) is 0 Å².